The van der Waals surface area contributed by atoms with Crippen molar-refractivity contribution >= 4 is 23.2 Å². The summed E-state index contributed by atoms with van der Waals surface area (Å²) in [5.74, 6) is 0.603. The third-order valence-electron chi connectivity index (χ3n) is 3.97. The first-order chi connectivity index (χ1) is 9.04. The zero-order valence-corrected chi connectivity index (χ0v) is 13.3. The minimum absolute atomic E-state index is 0.386. The van der Waals surface area contributed by atoms with E-state index < -0.39 is 0 Å². The second-order valence-corrected chi connectivity index (χ2v) is 6.39. The Hall–Kier alpha value is -0.280. The second kappa shape index (κ2) is 6.45. The molecular weight excluding hydrogens is 279 g/mol. The van der Waals surface area contributed by atoms with Crippen molar-refractivity contribution in [2.75, 3.05) is 20.1 Å². The standard InChI is InChI=1S/C15H22Cl2N2/c1-10(2)19-7-6-11(9-18-3)15(19)13-5-4-12(16)8-14(13)17/h4-5,8,10-11,15,18H,6-7,9H2,1-3H3. The van der Waals surface area contributed by atoms with Crippen LogP contribution >= 0.6 is 23.2 Å². The number of nitrogens with zero attached hydrogens (tertiary/aromatic N) is 1. The van der Waals surface area contributed by atoms with Crippen LogP contribution in [0.1, 0.15) is 31.9 Å². The van der Waals surface area contributed by atoms with E-state index in [2.05, 4.69) is 30.1 Å². The molecule has 1 saturated heterocycles. The molecule has 0 aromatic heterocycles. The first-order valence-electron chi connectivity index (χ1n) is 6.90. The van der Waals surface area contributed by atoms with E-state index in [1.165, 1.54) is 12.0 Å². The Morgan fingerprint density at radius 1 is 1.37 bits per heavy atom. The molecule has 2 unspecified atom stereocenters. The van der Waals surface area contributed by atoms with Gasteiger partial charge in [-0.2, -0.15) is 0 Å². The van der Waals surface area contributed by atoms with Crippen LogP contribution in [0, 0.1) is 5.92 Å². The molecule has 2 rings (SSSR count). The molecular formula is C15H22Cl2N2. The van der Waals surface area contributed by atoms with Crippen LogP contribution in [0.25, 0.3) is 0 Å². The molecule has 0 amide bonds. The summed E-state index contributed by atoms with van der Waals surface area (Å²) in [6.45, 7) is 6.65. The predicted octanol–water partition coefficient (Wildman–Crippen LogP) is 3.98. The maximum absolute atomic E-state index is 6.41. The monoisotopic (exact) mass is 300 g/mol. The fourth-order valence-corrected chi connectivity index (χ4v) is 3.63. The summed E-state index contributed by atoms with van der Waals surface area (Å²) in [4.78, 5) is 2.54. The summed E-state index contributed by atoms with van der Waals surface area (Å²) in [6.07, 6.45) is 1.21. The van der Waals surface area contributed by atoms with Crippen LogP contribution in [-0.2, 0) is 0 Å². The summed E-state index contributed by atoms with van der Waals surface area (Å²) < 4.78 is 0. The van der Waals surface area contributed by atoms with Gasteiger partial charge in [-0.15, -0.1) is 0 Å². The van der Waals surface area contributed by atoms with Gasteiger partial charge in [0, 0.05) is 22.1 Å². The van der Waals surface area contributed by atoms with E-state index in [1.54, 1.807) is 0 Å². The minimum atomic E-state index is 0.386. The van der Waals surface area contributed by atoms with E-state index in [0.29, 0.717) is 23.0 Å². The van der Waals surface area contributed by atoms with E-state index in [1.807, 2.05) is 19.2 Å². The summed E-state index contributed by atoms with van der Waals surface area (Å²) in [6, 6.07) is 6.79. The Morgan fingerprint density at radius 2 is 2.11 bits per heavy atom. The molecule has 1 aromatic carbocycles. The molecule has 1 fully saturated rings. The lowest BCUT2D eigenvalue weighted by atomic mass is 9.93. The molecule has 4 heteroatoms. The third kappa shape index (κ3) is 3.25. The van der Waals surface area contributed by atoms with E-state index in [4.69, 9.17) is 23.2 Å². The van der Waals surface area contributed by atoms with Gasteiger partial charge in [-0.05, 0) is 64.0 Å². The van der Waals surface area contributed by atoms with Crippen molar-refractivity contribution in [2.45, 2.75) is 32.4 Å². The lowest BCUT2D eigenvalue weighted by Gasteiger charge is -2.32. The zero-order chi connectivity index (χ0) is 14.0. The van der Waals surface area contributed by atoms with Gasteiger partial charge in [0.05, 0.1) is 0 Å². The van der Waals surface area contributed by atoms with Gasteiger partial charge in [0.15, 0.2) is 0 Å². The van der Waals surface area contributed by atoms with Crippen LogP contribution in [0.3, 0.4) is 0 Å². The molecule has 1 N–H and O–H groups in total. The number of nitrogens with one attached hydrogen (secondary N) is 1. The number of likely N-dealkylation sites (tertiary alicyclic amines) is 1. The van der Waals surface area contributed by atoms with Gasteiger partial charge in [0.25, 0.3) is 0 Å². The lowest BCUT2D eigenvalue weighted by molar-refractivity contribution is 0.182. The average Bonchev–Trinajstić information content (AvgIpc) is 2.73. The Balaban J connectivity index is 2.34. The molecule has 1 aliphatic heterocycles. The molecule has 1 heterocycles. The molecule has 0 aliphatic carbocycles. The van der Waals surface area contributed by atoms with Gasteiger partial charge < -0.3 is 5.32 Å². The molecule has 19 heavy (non-hydrogen) atoms. The highest BCUT2D eigenvalue weighted by atomic mass is 35.5. The summed E-state index contributed by atoms with van der Waals surface area (Å²) in [5, 5.41) is 4.79. The third-order valence-corrected chi connectivity index (χ3v) is 4.54. The van der Waals surface area contributed by atoms with Gasteiger partial charge in [-0.3, -0.25) is 4.90 Å². The highest BCUT2D eigenvalue weighted by molar-refractivity contribution is 6.35. The normalized spacial score (nSPS) is 24.3. The van der Waals surface area contributed by atoms with E-state index in [0.717, 1.165) is 18.1 Å². The fourth-order valence-electron chi connectivity index (χ4n) is 3.11. The molecule has 0 bridgehead atoms. The number of hydrogen-bond acceptors (Lipinski definition) is 2. The fraction of sp³-hybridized carbons (Fsp3) is 0.600. The maximum atomic E-state index is 6.41. The first-order valence-corrected chi connectivity index (χ1v) is 7.65. The summed E-state index contributed by atoms with van der Waals surface area (Å²) >= 11 is 12.4. The Kier molecular flexibility index (Phi) is 5.13. The first kappa shape index (κ1) is 15.1. The average molecular weight is 301 g/mol. The lowest BCUT2D eigenvalue weighted by Crippen LogP contribution is -2.34. The van der Waals surface area contributed by atoms with E-state index in [-0.39, 0.29) is 0 Å². The summed E-state index contributed by atoms with van der Waals surface area (Å²) in [5.41, 5.74) is 1.21. The molecule has 0 radical (unpaired) electrons. The Morgan fingerprint density at radius 3 is 2.68 bits per heavy atom. The largest absolute Gasteiger partial charge is 0.319 e. The molecule has 1 aromatic rings. The summed E-state index contributed by atoms with van der Waals surface area (Å²) in [7, 11) is 2.01. The predicted molar refractivity (Wildman–Crippen MR) is 83.1 cm³/mol. The molecule has 2 nitrogen and oxygen atoms in total. The molecule has 0 spiro atoms. The molecule has 2 atom stereocenters. The Bertz CT molecular complexity index is 434. The van der Waals surface area contributed by atoms with Crippen molar-refractivity contribution in [1.29, 1.82) is 0 Å². The molecule has 1 aliphatic rings. The van der Waals surface area contributed by atoms with Crippen molar-refractivity contribution in [3.05, 3.63) is 33.8 Å². The van der Waals surface area contributed by atoms with Crippen LogP contribution in [0.2, 0.25) is 10.0 Å². The van der Waals surface area contributed by atoms with Crippen LogP contribution in [0.15, 0.2) is 18.2 Å². The van der Waals surface area contributed by atoms with Crippen LogP contribution in [-0.4, -0.2) is 31.1 Å². The second-order valence-electron chi connectivity index (χ2n) is 5.55. The van der Waals surface area contributed by atoms with Gasteiger partial charge in [-0.1, -0.05) is 29.3 Å². The highest BCUT2D eigenvalue weighted by Crippen LogP contribution is 2.41. The maximum Gasteiger partial charge on any atom is 0.0468 e. The quantitative estimate of drug-likeness (QED) is 0.905. The molecule has 106 valence electrons. The van der Waals surface area contributed by atoms with Crippen LogP contribution < -0.4 is 5.32 Å². The number of halogens is 2. The smallest absolute Gasteiger partial charge is 0.0468 e. The number of rotatable bonds is 4. The number of hydrogen-bond donors (Lipinski definition) is 1. The van der Waals surface area contributed by atoms with Crippen molar-refractivity contribution in [3.8, 4) is 0 Å². The van der Waals surface area contributed by atoms with Gasteiger partial charge in [-0.25, -0.2) is 0 Å². The topological polar surface area (TPSA) is 15.3 Å². The Labute approximate surface area is 126 Å². The van der Waals surface area contributed by atoms with Crippen molar-refractivity contribution in [2.24, 2.45) is 5.92 Å². The van der Waals surface area contributed by atoms with Crippen molar-refractivity contribution < 1.29 is 0 Å². The minimum Gasteiger partial charge on any atom is -0.319 e. The number of benzene rings is 1. The van der Waals surface area contributed by atoms with Crippen LogP contribution in [0.4, 0.5) is 0 Å². The highest BCUT2D eigenvalue weighted by Gasteiger charge is 2.36. The van der Waals surface area contributed by atoms with Gasteiger partial charge in [0.1, 0.15) is 0 Å². The van der Waals surface area contributed by atoms with Gasteiger partial charge >= 0.3 is 0 Å². The van der Waals surface area contributed by atoms with Crippen molar-refractivity contribution in [3.63, 3.8) is 0 Å². The van der Waals surface area contributed by atoms with Crippen molar-refractivity contribution in [1.82, 2.24) is 10.2 Å². The molecule has 0 saturated carbocycles. The van der Waals surface area contributed by atoms with E-state index in [9.17, 15) is 0 Å². The van der Waals surface area contributed by atoms with Gasteiger partial charge in [0.2, 0.25) is 0 Å². The zero-order valence-electron chi connectivity index (χ0n) is 11.8. The van der Waals surface area contributed by atoms with Crippen LogP contribution in [0.5, 0.6) is 0 Å². The van der Waals surface area contributed by atoms with E-state index >= 15 is 0 Å². The SMILES string of the molecule is CNCC1CCN(C(C)C)C1c1ccc(Cl)cc1Cl.